The first-order valence-corrected chi connectivity index (χ1v) is 7.58. The summed E-state index contributed by atoms with van der Waals surface area (Å²) in [5, 5.41) is 3.35. The molecule has 0 bridgehead atoms. The maximum Gasteiger partial charge on any atom is 0.139 e. The van der Waals surface area contributed by atoms with Gasteiger partial charge in [-0.25, -0.2) is 4.39 Å². The molecular weight excluding hydrogens is 333 g/mol. The van der Waals surface area contributed by atoms with Gasteiger partial charge in [0.2, 0.25) is 0 Å². The van der Waals surface area contributed by atoms with E-state index in [4.69, 9.17) is 4.74 Å². The second kappa shape index (κ2) is 6.48. The van der Waals surface area contributed by atoms with Crippen LogP contribution in [-0.2, 0) is 0 Å². The molecule has 2 nitrogen and oxygen atoms in total. The normalized spacial score (nSPS) is 12.1. The first-order valence-electron chi connectivity index (χ1n) is 6.79. The maximum absolute atomic E-state index is 13.7. The van der Waals surface area contributed by atoms with Gasteiger partial charge >= 0.3 is 0 Å². The number of nitrogens with one attached hydrogen (secondary N) is 1. The Morgan fingerprint density at radius 1 is 1.19 bits per heavy atom. The molecule has 0 aromatic heterocycles. The third-order valence-electron chi connectivity index (χ3n) is 3.49. The van der Waals surface area contributed by atoms with Crippen LogP contribution < -0.4 is 10.1 Å². The van der Waals surface area contributed by atoms with Gasteiger partial charge in [-0.3, -0.25) is 0 Å². The number of ether oxygens (including phenoxy) is 1. The number of hydrogen-bond acceptors (Lipinski definition) is 2. The van der Waals surface area contributed by atoms with Crippen LogP contribution in [-0.4, -0.2) is 7.11 Å². The third-order valence-corrected chi connectivity index (χ3v) is 4.10. The first kappa shape index (κ1) is 15.8. The predicted octanol–water partition coefficient (Wildman–Crippen LogP) is 5.39. The Kier molecular flexibility index (Phi) is 4.88. The van der Waals surface area contributed by atoms with E-state index in [9.17, 15) is 4.39 Å². The van der Waals surface area contributed by atoms with Gasteiger partial charge in [0.15, 0.2) is 0 Å². The third kappa shape index (κ3) is 3.56. The minimum atomic E-state index is -0.272. The van der Waals surface area contributed by atoms with Crippen LogP contribution in [0.4, 0.5) is 10.1 Å². The van der Waals surface area contributed by atoms with Gasteiger partial charge in [0.25, 0.3) is 0 Å². The van der Waals surface area contributed by atoms with Crippen LogP contribution in [0.3, 0.4) is 0 Å². The summed E-state index contributed by atoms with van der Waals surface area (Å²) in [4.78, 5) is 0. The Balaban J connectivity index is 2.30. The molecule has 0 amide bonds. The van der Waals surface area contributed by atoms with Crippen molar-refractivity contribution in [2.45, 2.75) is 26.8 Å². The largest absolute Gasteiger partial charge is 0.496 e. The monoisotopic (exact) mass is 351 g/mol. The molecule has 112 valence electrons. The fourth-order valence-corrected chi connectivity index (χ4v) is 2.75. The number of aryl methyl sites for hydroxylation is 2. The Morgan fingerprint density at radius 2 is 1.90 bits per heavy atom. The van der Waals surface area contributed by atoms with Crippen LogP contribution in [0.1, 0.15) is 29.7 Å². The highest BCUT2D eigenvalue weighted by molar-refractivity contribution is 9.10. The van der Waals surface area contributed by atoms with E-state index in [1.54, 1.807) is 13.2 Å². The van der Waals surface area contributed by atoms with Crippen LogP contribution in [0.2, 0.25) is 0 Å². The first-order chi connectivity index (χ1) is 9.92. The van der Waals surface area contributed by atoms with Crippen LogP contribution in [0.15, 0.2) is 34.8 Å². The molecule has 21 heavy (non-hydrogen) atoms. The van der Waals surface area contributed by atoms with Gasteiger partial charge < -0.3 is 10.1 Å². The fourth-order valence-electron chi connectivity index (χ4n) is 2.29. The molecule has 0 saturated heterocycles. The molecule has 0 saturated carbocycles. The van der Waals surface area contributed by atoms with Crippen molar-refractivity contribution in [2.24, 2.45) is 0 Å². The minimum absolute atomic E-state index is 0.0137. The highest BCUT2D eigenvalue weighted by atomic mass is 79.9. The Labute approximate surface area is 133 Å². The lowest BCUT2D eigenvalue weighted by atomic mass is 10.0. The lowest BCUT2D eigenvalue weighted by molar-refractivity contribution is 0.407. The molecule has 0 aliphatic carbocycles. The molecule has 2 aromatic rings. The van der Waals surface area contributed by atoms with Crippen molar-refractivity contribution in [2.75, 3.05) is 12.4 Å². The zero-order valence-corrected chi connectivity index (χ0v) is 14.2. The lowest BCUT2D eigenvalue weighted by Crippen LogP contribution is -2.09. The van der Waals surface area contributed by atoms with Gasteiger partial charge in [-0.15, -0.1) is 0 Å². The van der Waals surface area contributed by atoms with Crippen LogP contribution in [0.25, 0.3) is 0 Å². The lowest BCUT2D eigenvalue weighted by Gasteiger charge is -2.20. The summed E-state index contributed by atoms with van der Waals surface area (Å²) in [6, 6.07) is 9.39. The van der Waals surface area contributed by atoms with E-state index in [-0.39, 0.29) is 11.9 Å². The number of benzene rings is 2. The van der Waals surface area contributed by atoms with Crippen molar-refractivity contribution in [1.29, 1.82) is 0 Å². The zero-order chi connectivity index (χ0) is 15.6. The van der Waals surface area contributed by atoms with E-state index < -0.39 is 0 Å². The van der Waals surface area contributed by atoms with E-state index in [1.165, 1.54) is 6.07 Å². The summed E-state index contributed by atoms with van der Waals surface area (Å²) >= 11 is 3.20. The number of rotatable bonds is 4. The summed E-state index contributed by atoms with van der Waals surface area (Å²) in [5.74, 6) is 0.566. The molecule has 0 spiro atoms. The van der Waals surface area contributed by atoms with Crippen LogP contribution in [0, 0.1) is 19.7 Å². The molecule has 0 fully saturated rings. The molecule has 2 rings (SSSR count). The second-order valence-electron chi connectivity index (χ2n) is 5.19. The number of halogens is 2. The van der Waals surface area contributed by atoms with Gasteiger partial charge in [0, 0.05) is 11.3 Å². The van der Waals surface area contributed by atoms with Gasteiger partial charge in [-0.2, -0.15) is 0 Å². The Hall–Kier alpha value is -1.55. The predicted molar refractivity (Wildman–Crippen MR) is 88.6 cm³/mol. The minimum Gasteiger partial charge on any atom is -0.496 e. The summed E-state index contributed by atoms with van der Waals surface area (Å²) < 4.78 is 19.6. The van der Waals surface area contributed by atoms with Crippen LogP contribution in [0.5, 0.6) is 5.75 Å². The van der Waals surface area contributed by atoms with Crippen molar-refractivity contribution in [3.63, 3.8) is 0 Å². The van der Waals surface area contributed by atoms with Gasteiger partial charge in [0.05, 0.1) is 17.6 Å². The van der Waals surface area contributed by atoms with E-state index in [0.717, 1.165) is 28.1 Å². The number of anilines is 1. The summed E-state index contributed by atoms with van der Waals surface area (Å²) in [5.41, 5.74) is 3.96. The Morgan fingerprint density at radius 3 is 2.57 bits per heavy atom. The quantitative estimate of drug-likeness (QED) is 0.797. The molecule has 1 unspecified atom stereocenters. The molecule has 1 N–H and O–H groups in total. The van der Waals surface area contributed by atoms with Crippen molar-refractivity contribution >= 4 is 21.6 Å². The van der Waals surface area contributed by atoms with E-state index in [2.05, 4.69) is 21.2 Å². The smallest absolute Gasteiger partial charge is 0.139 e. The maximum atomic E-state index is 13.7. The van der Waals surface area contributed by atoms with E-state index >= 15 is 0 Å². The van der Waals surface area contributed by atoms with Crippen molar-refractivity contribution in [3.05, 3.63) is 57.3 Å². The van der Waals surface area contributed by atoms with Gasteiger partial charge in [-0.1, -0.05) is 12.1 Å². The molecule has 2 aromatic carbocycles. The zero-order valence-electron chi connectivity index (χ0n) is 12.6. The summed E-state index contributed by atoms with van der Waals surface area (Å²) in [6.45, 7) is 6.01. The summed E-state index contributed by atoms with van der Waals surface area (Å²) in [7, 11) is 1.66. The molecule has 4 heteroatoms. The number of hydrogen-bond donors (Lipinski definition) is 1. The standard InChI is InChI=1S/C17H19BrFNO/c1-10-5-6-13(17(7-10)21-4)12(3)20-16-9-15(19)14(18)8-11(16)2/h5-9,12,20H,1-4H3. The van der Waals surface area contributed by atoms with Gasteiger partial charge in [-0.05, 0) is 66.0 Å². The molecule has 0 radical (unpaired) electrons. The van der Waals surface area contributed by atoms with E-state index in [1.807, 2.05) is 39.0 Å². The molecule has 0 aliphatic heterocycles. The number of methoxy groups -OCH3 is 1. The molecule has 0 aliphatic rings. The average molecular weight is 352 g/mol. The topological polar surface area (TPSA) is 21.3 Å². The summed E-state index contributed by atoms with van der Waals surface area (Å²) in [6.07, 6.45) is 0. The molecule has 0 heterocycles. The molecular formula is C17H19BrFNO. The highest BCUT2D eigenvalue weighted by Gasteiger charge is 2.13. The van der Waals surface area contributed by atoms with Gasteiger partial charge in [0.1, 0.15) is 11.6 Å². The van der Waals surface area contributed by atoms with Crippen molar-refractivity contribution in [3.8, 4) is 5.75 Å². The SMILES string of the molecule is COc1cc(C)ccc1C(C)Nc1cc(F)c(Br)cc1C. The van der Waals surface area contributed by atoms with E-state index in [0.29, 0.717) is 4.47 Å². The Bertz CT molecular complexity index is 657. The van der Waals surface area contributed by atoms with Crippen molar-refractivity contribution < 1.29 is 9.13 Å². The van der Waals surface area contributed by atoms with Crippen molar-refractivity contribution in [1.82, 2.24) is 0 Å². The highest BCUT2D eigenvalue weighted by Crippen LogP contribution is 2.31. The average Bonchev–Trinajstić information content (AvgIpc) is 2.44. The molecule has 1 atom stereocenters. The van der Waals surface area contributed by atoms with Crippen LogP contribution >= 0.6 is 15.9 Å². The fraction of sp³-hybridized carbons (Fsp3) is 0.294. The second-order valence-corrected chi connectivity index (χ2v) is 6.05.